The molecule has 0 saturated heterocycles. The number of hydrogen-bond acceptors (Lipinski definition) is 4. The molecule has 0 bridgehead atoms. The molecule has 4 N–H and O–H groups in total. The third-order valence-electron chi connectivity index (χ3n) is 1.56. The summed E-state index contributed by atoms with van der Waals surface area (Å²) in [6.07, 6.45) is 0. The standard InChI is InChI=1S/C10H13.H4O4Si.Zr/c1-10(2,3)9-7-5-4-6-8-9;1-5(2,3)4;/h4-8H,1H2,2-3H3;1-4H;/q-1;;. The topological polar surface area (TPSA) is 80.9 Å². The van der Waals surface area contributed by atoms with Crippen molar-refractivity contribution in [2.75, 3.05) is 0 Å². The first-order valence-corrected chi connectivity index (χ1v) is 6.20. The Bertz CT molecular complexity index is 273. The van der Waals surface area contributed by atoms with Gasteiger partial charge >= 0.3 is 9.05 Å². The van der Waals surface area contributed by atoms with E-state index < -0.39 is 9.05 Å². The second-order valence-electron chi connectivity index (χ2n) is 3.85. The van der Waals surface area contributed by atoms with Gasteiger partial charge in [0.1, 0.15) is 0 Å². The summed E-state index contributed by atoms with van der Waals surface area (Å²) in [5.41, 5.74) is 1.33. The number of benzene rings is 1. The Balaban J connectivity index is 0. The maximum atomic E-state index is 7.33. The van der Waals surface area contributed by atoms with Gasteiger partial charge in [0.05, 0.1) is 0 Å². The molecule has 0 atom stereocenters. The van der Waals surface area contributed by atoms with E-state index in [2.05, 4.69) is 32.9 Å². The Morgan fingerprint density at radius 3 is 1.50 bits per heavy atom. The molecule has 0 aliphatic rings. The van der Waals surface area contributed by atoms with Gasteiger partial charge in [0.15, 0.2) is 0 Å². The van der Waals surface area contributed by atoms with Crippen LogP contribution in [0.3, 0.4) is 0 Å². The first-order valence-electron chi connectivity index (χ1n) is 4.41. The van der Waals surface area contributed by atoms with Crippen LogP contribution < -0.4 is 0 Å². The summed E-state index contributed by atoms with van der Waals surface area (Å²) in [5.74, 6) is 0. The van der Waals surface area contributed by atoms with Crippen LogP contribution in [-0.2, 0) is 31.6 Å². The molecule has 1 aromatic rings. The molecule has 90 valence electrons. The van der Waals surface area contributed by atoms with Crippen molar-refractivity contribution in [1.82, 2.24) is 0 Å². The van der Waals surface area contributed by atoms with Gasteiger partial charge in [-0.15, -0.1) is 5.41 Å². The number of rotatable bonds is 1. The molecule has 0 unspecified atom stereocenters. The van der Waals surface area contributed by atoms with Gasteiger partial charge in [-0.2, -0.15) is 0 Å². The van der Waals surface area contributed by atoms with Crippen molar-refractivity contribution < 1.29 is 45.4 Å². The van der Waals surface area contributed by atoms with Gasteiger partial charge in [-0.3, -0.25) is 0 Å². The fourth-order valence-electron chi connectivity index (χ4n) is 0.889. The van der Waals surface area contributed by atoms with Crippen LogP contribution in [0, 0.1) is 6.92 Å². The van der Waals surface area contributed by atoms with E-state index in [-0.39, 0.29) is 31.6 Å². The molecule has 0 heterocycles. The van der Waals surface area contributed by atoms with Crippen LogP contribution in [0.2, 0.25) is 0 Å². The van der Waals surface area contributed by atoms with Crippen LogP contribution in [0.1, 0.15) is 19.4 Å². The van der Waals surface area contributed by atoms with Crippen LogP contribution in [-0.4, -0.2) is 28.2 Å². The van der Waals surface area contributed by atoms with Crippen molar-refractivity contribution in [1.29, 1.82) is 0 Å². The maximum Gasteiger partial charge on any atom is 0.668 e. The first-order chi connectivity index (χ1) is 6.61. The molecule has 0 aliphatic carbocycles. The largest absolute Gasteiger partial charge is 0.668 e. The minimum absolute atomic E-state index is 0. The third-order valence-corrected chi connectivity index (χ3v) is 1.56. The van der Waals surface area contributed by atoms with Gasteiger partial charge < -0.3 is 26.1 Å². The van der Waals surface area contributed by atoms with Crippen LogP contribution >= 0.6 is 0 Å². The predicted molar refractivity (Wildman–Crippen MR) is 59.5 cm³/mol. The van der Waals surface area contributed by atoms with Crippen molar-refractivity contribution in [3.8, 4) is 0 Å². The van der Waals surface area contributed by atoms with E-state index in [4.69, 9.17) is 19.2 Å². The molecule has 6 heteroatoms. The molecule has 0 aliphatic heterocycles. The van der Waals surface area contributed by atoms with E-state index in [9.17, 15) is 0 Å². The molecule has 0 spiro atoms. The minimum atomic E-state index is -4.61. The molecule has 0 fully saturated rings. The smallest absolute Gasteiger partial charge is 0.368 e. The second kappa shape index (κ2) is 7.48. The average Bonchev–Trinajstić information content (AvgIpc) is 2.01. The molecule has 0 amide bonds. The Hall–Kier alpha value is 0.160. The predicted octanol–water partition coefficient (Wildman–Crippen LogP) is 0.187. The molecule has 1 rings (SSSR count). The molecule has 0 radical (unpaired) electrons. The Morgan fingerprint density at radius 2 is 1.31 bits per heavy atom. The average molecular weight is 321 g/mol. The third kappa shape index (κ3) is 12.2. The maximum absolute atomic E-state index is 7.33. The summed E-state index contributed by atoms with van der Waals surface area (Å²) in [5, 5.41) is 0. The Labute approximate surface area is 116 Å². The van der Waals surface area contributed by atoms with Crippen molar-refractivity contribution in [3.05, 3.63) is 42.8 Å². The quantitative estimate of drug-likeness (QED) is 0.440. The van der Waals surface area contributed by atoms with Crippen molar-refractivity contribution in [2.45, 2.75) is 19.3 Å². The summed E-state index contributed by atoms with van der Waals surface area (Å²) in [6, 6.07) is 10.3. The van der Waals surface area contributed by atoms with Crippen molar-refractivity contribution in [3.63, 3.8) is 0 Å². The van der Waals surface area contributed by atoms with Crippen molar-refractivity contribution >= 4 is 9.05 Å². The minimum Gasteiger partial charge on any atom is -0.368 e. The molecule has 1 aromatic carbocycles. The summed E-state index contributed by atoms with van der Waals surface area (Å²) in [4.78, 5) is 29.3. The summed E-state index contributed by atoms with van der Waals surface area (Å²) >= 11 is 0. The molecule has 4 nitrogen and oxygen atoms in total. The van der Waals surface area contributed by atoms with E-state index in [1.54, 1.807) is 0 Å². The van der Waals surface area contributed by atoms with Crippen LogP contribution in [0.15, 0.2) is 30.3 Å². The number of hydrogen-bond donors (Lipinski definition) is 4. The fraction of sp³-hybridized carbons (Fsp3) is 0.300. The van der Waals surface area contributed by atoms with Crippen LogP contribution in [0.25, 0.3) is 0 Å². The van der Waals surface area contributed by atoms with E-state index in [0.29, 0.717) is 0 Å². The van der Waals surface area contributed by atoms with Crippen LogP contribution in [0.4, 0.5) is 0 Å². The zero-order valence-corrected chi connectivity index (χ0v) is 12.8. The van der Waals surface area contributed by atoms with E-state index in [1.165, 1.54) is 5.56 Å². The molecule has 0 saturated carbocycles. The van der Waals surface area contributed by atoms with Crippen LogP contribution in [0.5, 0.6) is 0 Å². The SMILES string of the molecule is O[Si](O)(O)O.[CH2-]C(C)(C)c1ccccc1.[Zr]. The van der Waals surface area contributed by atoms with Gasteiger partial charge in [-0.1, -0.05) is 49.7 Å². The monoisotopic (exact) mass is 319 g/mol. The van der Waals surface area contributed by atoms with E-state index in [0.717, 1.165) is 0 Å². The second-order valence-corrected chi connectivity index (χ2v) is 5.05. The molecule has 0 aromatic heterocycles. The first kappa shape index (κ1) is 18.5. The van der Waals surface area contributed by atoms with Gasteiger partial charge in [0, 0.05) is 26.2 Å². The Kier molecular flexibility index (Phi) is 8.66. The zero-order chi connectivity index (χ0) is 12.1. The van der Waals surface area contributed by atoms with Gasteiger partial charge in [0.25, 0.3) is 0 Å². The molecule has 16 heavy (non-hydrogen) atoms. The van der Waals surface area contributed by atoms with E-state index in [1.807, 2.05) is 18.2 Å². The van der Waals surface area contributed by atoms with Crippen molar-refractivity contribution in [2.24, 2.45) is 0 Å². The van der Waals surface area contributed by atoms with E-state index >= 15 is 0 Å². The fourth-order valence-corrected chi connectivity index (χ4v) is 0.889. The molecular formula is C10H17O4SiZr-. The Morgan fingerprint density at radius 1 is 1.00 bits per heavy atom. The zero-order valence-electron chi connectivity index (χ0n) is 9.38. The van der Waals surface area contributed by atoms with Gasteiger partial charge in [-0.05, 0) is 0 Å². The summed E-state index contributed by atoms with van der Waals surface area (Å²) in [7, 11) is -4.61. The summed E-state index contributed by atoms with van der Waals surface area (Å²) in [6.45, 7) is 8.27. The summed E-state index contributed by atoms with van der Waals surface area (Å²) < 4.78 is 0. The van der Waals surface area contributed by atoms with Gasteiger partial charge in [0.2, 0.25) is 0 Å². The normalized spacial score (nSPS) is 10.9. The molecular weight excluding hydrogens is 303 g/mol. The van der Waals surface area contributed by atoms with Gasteiger partial charge in [-0.25, -0.2) is 0 Å².